The van der Waals surface area contributed by atoms with Crippen LogP contribution in [0.4, 0.5) is 19.3 Å². The number of aromatic amines is 1. The van der Waals surface area contributed by atoms with E-state index in [1.807, 2.05) is 0 Å². The van der Waals surface area contributed by atoms with Crippen molar-refractivity contribution in [2.75, 3.05) is 26.5 Å². The Labute approximate surface area is 250 Å². The number of carbonyl (C=O) groups is 3. The zero-order valence-electron chi connectivity index (χ0n) is 24.1. The molecular weight excluding hydrogens is 578 g/mol. The summed E-state index contributed by atoms with van der Waals surface area (Å²) >= 11 is 0. The van der Waals surface area contributed by atoms with Gasteiger partial charge in [-0.3, -0.25) is 14.4 Å². The van der Waals surface area contributed by atoms with Crippen molar-refractivity contribution in [2.45, 2.75) is 25.4 Å². The first-order valence-corrected chi connectivity index (χ1v) is 13.4. The van der Waals surface area contributed by atoms with Crippen LogP contribution in [0, 0.1) is 11.6 Å². The molecule has 230 valence electrons. The number of imidazole rings is 1. The van der Waals surface area contributed by atoms with Gasteiger partial charge < -0.3 is 34.6 Å². The summed E-state index contributed by atoms with van der Waals surface area (Å²) < 4.78 is 38.7. The zero-order chi connectivity index (χ0) is 31.8. The van der Waals surface area contributed by atoms with E-state index in [4.69, 9.17) is 4.74 Å². The lowest BCUT2D eigenvalue weighted by molar-refractivity contribution is -0.123. The molecule has 4 aromatic rings. The largest absolute Gasteiger partial charge is 0.454 e. The lowest BCUT2D eigenvalue weighted by atomic mass is 10.1. The smallest absolute Gasteiger partial charge is 0.407 e. The monoisotopic (exact) mass is 608 g/mol. The third kappa shape index (κ3) is 8.06. The number of aromatic nitrogens is 3. The summed E-state index contributed by atoms with van der Waals surface area (Å²) in [5, 5.41) is 4.99. The lowest BCUT2D eigenvalue weighted by Crippen LogP contribution is -2.44. The molecule has 2 aromatic carbocycles. The number of benzene rings is 2. The fraction of sp³-hybridized carbons (Fsp3) is 0.233. The van der Waals surface area contributed by atoms with Gasteiger partial charge in [-0.2, -0.15) is 0 Å². The number of pyridine rings is 1. The quantitative estimate of drug-likeness (QED) is 0.219. The van der Waals surface area contributed by atoms with Crippen molar-refractivity contribution in [1.82, 2.24) is 24.8 Å². The molecule has 0 aliphatic carbocycles. The van der Waals surface area contributed by atoms with Crippen LogP contribution >= 0.6 is 0 Å². The van der Waals surface area contributed by atoms with Crippen molar-refractivity contribution in [1.29, 1.82) is 0 Å². The fourth-order valence-electron chi connectivity index (χ4n) is 4.07. The van der Waals surface area contributed by atoms with Crippen molar-refractivity contribution < 1.29 is 32.6 Å². The highest BCUT2D eigenvalue weighted by atomic mass is 19.1. The number of amides is 3. The summed E-state index contributed by atoms with van der Waals surface area (Å²) in [5.74, 6) is -1.88. The van der Waals surface area contributed by atoms with Gasteiger partial charge in [0.2, 0.25) is 11.8 Å². The number of nitrogens with zero attached hydrogens (tertiary/aromatic N) is 3. The summed E-state index contributed by atoms with van der Waals surface area (Å²) in [6.45, 7) is 0.0224. The Hall–Kier alpha value is -5.53. The van der Waals surface area contributed by atoms with E-state index in [2.05, 4.69) is 25.3 Å². The molecule has 0 aliphatic heterocycles. The van der Waals surface area contributed by atoms with Crippen LogP contribution in [0.2, 0.25) is 0 Å². The molecule has 14 heteroatoms. The molecule has 44 heavy (non-hydrogen) atoms. The van der Waals surface area contributed by atoms with Crippen LogP contribution in [0.15, 0.2) is 71.7 Å². The Balaban J connectivity index is 1.46. The van der Waals surface area contributed by atoms with Crippen molar-refractivity contribution >= 4 is 34.6 Å². The van der Waals surface area contributed by atoms with Crippen molar-refractivity contribution in [3.05, 3.63) is 94.7 Å². The van der Waals surface area contributed by atoms with Gasteiger partial charge in [-0.1, -0.05) is 6.08 Å². The van der Waals surface area contributed by atoms with E-state index in [1.165, 1.54) is 33.9 Å². The highest BCUT2D eigenvalue weighted by molar-refractivity contribution is 5.96. The molecule has 0 saturated carbocycles. The molecular formula is C30H30F2N6O6. The molecule has 2 aromatic heterocycles. The van der Waals surface area contributed by atoms with Crippen LogP contribution in [0.5, 0.6) is 11.5 Å². The maximum Gasteiger partial charge on any atom is 0.407 e. The summed E-state index contributed by atoms with van der Waals surface area (Å²) in [7, 11) is 4.37. The van der Waals surface area contributed by atoms with Crippen LogP contribution in [-0.4, -0.2) is 64.6 Å². The summed E-state index contributed by atoms with van der Waals surface area (Å²) in [6.07, 6.45) is 4.06. The predicted molar refractivity (Wildman–Crippen MR) is 157 cm³/mol. The summed E-state index contributed by atoms with van der Waals surface area (Å²) in [6, 6.07) is 9.76. The molecule has 4 rings (SSSR count). The number of halogens is 2. The highest BCUT2D eigenvalue weighted by Gasteiger charge is 2.22. The minimum Gasteiger partial charge on any atom is -0.454 e. The van der Waals surface area contributed by atoms with Crippen molar-refractivity contribution in [3.63, 3.8) is 0 Å². The number of methoxy groups -OCH3 is 1. The molecule has 0 bridgehead atoms. The van der Waals surface area contributed by atoms with Gasteiger partial charge in [0.1, 0.15) is 29.1 Å². The van der Waals surface area contributed by atoms with Crippen molar-refractivity contribution in [3.8, 4) is 11.5 Å². The molecule has 0 saturated heterocycles. The molecule has 1 unspecified atom stereocenters. The third-order valence-corrected chi connectivity index (χ3v) is 6.34. The third-order valence-electron chi connectivity index (χ3n) is 6.34. The van der Waals surface area contributed by atoms with Crippen LogP contribution in [-0.2, 0) is 20.9 Å². The Morgan fingerprint density at radius 1 is 1.14 bits per heavy atom. The van der Waals surface area contributed by atoms with Gasteiger partial charge in [0.15, 0.2) is 11.6 Å². The number of rotatable bonds is 11. The van der Waals surface area contributed by atoms with Gasteiger partial charge in [0.05, 0.1) is 24.7 Å². The van der Waals surface area contributed by atoms with E-state index in [0.717, 1.165) is 19.2 Å². The molecule has 2 heterocycles. The first-order chi connectivity index (χ1) is 21.0. The molecule has 1 atom stereocenters. The first-order valence-electron chi connectivity index (χ1n) is 13.4. The van der Waals surface area contributed by atoms with Crippen molar-refractivity contribution in [2.24, 2.45) is 0 Å². The molecule has 0 spiro atoms. The Kier molecular flexibility index (Phi) is 10.1. The number of carbonyl (C=O) groups excluding carboxylic acids is 3. The SMILES string of the molecule is COC(=O)NC(CC/C=C/C(=O)N(C)C)C(=O)Nc1cccn(Cc2nc3ccc(Oc4ccc(F)cc4F)cc3[nH]2)c1=O. The number of hydrogen-bond acceptors (Lipinski definition) is 7. The summed E-state index contributed by atoms with van der Waals surface area (Å²) in [5.41, 5.74) is 0.559. The number of ether oxygens (including phenoxy) is 2. The van der Waals surface area contributed by atoms with Crippen LogP contribution < -0.4 is 20.9 Å². The number of anilines is 1. The molecule has 3 N–H and O–H groups in total. The number of hydrogen-bond donors (Lipinski definition) is 3. The average Bonchev–Trinajstić information content (AvgIpc) is 3.39. The number of fused-ring (bicyclic) bond motifs is 1. The van der Waals surface area contributed by atoms with E-state index >= 15 is 0 Å². The Bertz CT molecular complexity index is 1770. The normalized spacial score (nSPS) is 11.8. The second-order valence-corrected chi connectivity index (χ2v) is 9.78. The average molecular weight is 609 g/mol. The molecule has 0 radical (unpaired) electrons. The lowest BCUT2D eigenvalue weighted by Gasteiger charge is -2.17. The van der Waals surface area contributed by atoms with E-state index in [9.17, 15) is 28.0 Å². The number of nitrogens with one attached hydrogen (secondary N) is 3. The van der Waals surface area contributed by atoms with Gasteiger partial charge in [-0.15, -0.1) is 0 Å². The maximum atomic E-state index is 14.0. The van der Waals surface area contributed by atoms with E-state index < -0.39 is 35.2 Å². The minimum absolute atomic E-state index is 0.0224. The van der Waals surface area contributed by atoms with Gasteiger partial charge >= 0.3 is 6.09 Å². The predicted octanol–water partition coefficient (Wildman–Crippen LogP) is 3.93. The van der Waals surface area contributed by atoms with Gasteiger partial charge in [-0.05, 0) is 55.3 Å². The molecule has 0 fully saturated rings. The number of likely N-dealkylation sites (N-methyl/N-ethyl adjacent to an activating group) is 1. The van der Waals surface area contributed by atoms with Crippen LogP contribution in [0.3, 0.4) is 0 Å². The number of allylic oxidation sites excluding steroid dienone is 1. The minimum atomic E-state index is -1.05. The maximum absolute atomic E-state index is 14.0. The second-order valence-electron chi connectivity index (χ2n) is 9.78. The zero-order valence-corrected chi connectivity index (χ0v) is 24.1. The van der Waals surface area contributed by atoms with Gasteiger partial charge in [0, 0.05) is 32.4 Å². The first kappa shape index (κ1) is 31.4. The van der Waals surface area contributed by atoms with Gasteiger partial charge in [0.25, 0.3) is 5.56 Å². The molecule has 3 amide bonds. The standard InChI is InChI=1S/C30H30F2N6O6/c1-37(2)27(39)9-5-4-7-22(36-30(42)43-3)28(40)35-23-8-6-14-38(29(23)41)17-26-33-21-12-11-19(16-24(21)34-26)44-25-13-10-18(31)15-20(25)32/h5-6,8-16,22H,4,7,17H2,1-3H3,(H,33,34)(H,35,40)(H,36,42)/b9-5+. The number of alkyl carbamates (subject to hydrolysis) is 1. The van der Waals surface area contributed by atoms with E-state index in [0.29, 0.717) is 23.3 Å². The molecule has 0 aliphatic rings. The second kappa shape index (κ2) is 14.1. The van der Waals surface area contributed by atoms with E-state index in [-0.39, 0.29) is 36.1 Å². The van der Waals surface area contributed by atoms with Crippen LogP contribution in [0.25, 0.3) is 11.0 Å². The van der Waals surface area contributed by atoms with E-state index in [1.54, 1.807) is 44.4 Å². The van der Waals surface area contributed by atoms with Crippen LogP contribution in [0.1, 0.15) is 18.7 Å². The Morgan fingerprint density at radius 2 is 1.93 bits per heavy atom. The Morgan fingerprint density at radius 3 is 2.66 bits per heavy atom. The number of H-pyrrole nitrogens is 1. The highest BCUT2D eigenvalue weighted by Crippen LogP contribution is 2.27. The van der Waals surface area contributed by atoms with Gasteiger partial charge in [-0.25, -0.2) is 18.6 Å². The molecule has 12 nitrogen and oxygen atoms in total. The summed E-state index contributed by atoms with van der Waals surface area (Å²) in [4.78, 5) is 58.8. The topological polar surface area (TPSA) is 148 Å². The fourth-order valence-corrected chi connectivity index (χ4v) is 4.07.